The number of rotatable bonds is 7. The van der Waals surface area contributed by atoms with E-state index in [1.54, 1.807) is 0 Å². The van der Waals surface area contributed by atoms with Crippen LogP contribution in [0.15, 0.2) is 203 Å². The molecule has 0 spiro atoms. The smallest absolute Gasteiger partial charge is 0.143 e. The van der Waals surface area contributed by atoms with Gasteiger partial charge in [0.15, 0.2) is 0 Å². The Morgan fingerprint density at radius 3 is 1.37 bits per heavy atom. The third-order valence-corrected chi connectivity index (χ3v) is 9.80. The van der Waals surface area contributed by atoms with Crippen molar-refractivity contribution in [2.45, 2.75) is 0 Å². The van der Waals surface area contributed by atoms with E-state index in [4.69, 9.17) is 8.83 Å². The van der Waals surface area contributed by atoms with Crippen LogP contribution < -0.4 is 9.80 Å². The lowest BCUT2D eigenvalue weighted by Gasteiger charge is -2.26. The van der Waals surface area contributed by atoms with Crippen LogP contribution in [0.1, 0.15) is 0 Å². The van der Waals surface area contributed by atoms with E-state index >= 15 is 0 Å². The molecular weight excluding hydrogens is 637 g/mol. The Hall–Kier alpha value is -7.04. The second kappa shape index (κ2) is 12.4. The van der Waals surface area contributed by atoms with E-state index in [2.05, 4.69) is 192 Å². The van der Waals surface area contributed by atoms with Crippen molar-refractivity contribution in [2.75, 3.05) is 9.80 Å². The highest BCUT2D eigenvalue weighted by Gasteiger charge is 2.22. The van der Waals surface area contributed by atoms with Gasteiger partial charge in [-0.1, -0.05) is 97.1 Å². The summed E-state index contributed by atoms with van der Waals surface area (Å²) >= 11 is 0. The van der Waals surface area contributed by atoms with E-state index in [1.807, 2.05) is 12.1 Å². The van der Waals surface area contributed by atoms with Crippen molar-refractivity contribution in [3.8, 4) is 11.1 Å². The van der Waals surface area contributed by atoms with E-state index in [1.165, 1.54) is 0 Å². The van der Waals surface area contributed by atoms with Gasteiger partial charge in [0.25, 0.3) is 0 Å². The second-order valence-electron chi connectivity index (χ2n) is 13.0. The number of furan rings is 2. The molecule has 10 rings (SSSR count). The number of nitrogens with zero attached hydrogens (tertiary/aromatic N) is 2. The highest BCUT2D eigenvalue weighted by molar-refractivity contribution is 6.14. The maximum Gasteiger partial charge on any atom is 0.143 e. The normalized spacial score (nSPS) is 11.5. The third-order valence-electron chi connectivity index (χ3n) is 9.80. The molecule has 0 fully saturated rings. The first-order valence-electron chi connectivity index (χ1n) is 17.5. The predicted octanol–water partition coefficient (Wildman–Crippen LogP) is 14.1. The van der Waals surface area contributed by atoms with E-state index < -0.39 is 0 Å². The molecule has 0 amide bonds. The molecule has 0 aliphatic rings. The van der Waals surface area contributed by atoms with Gasteiger partial charge in [-0.25, -0.2) is 0 Å². The van der Waals surface area contributed by atoms with Crippen molar-refractivity contribution >= 4 is 78.0 Å². The largest absolute Gasteiger partial charge is 0.456 e. The molecule has 8 aromatic carbocycles. The number of hydrogen-bond donors (Lipinski definition) is 0. The van der Waals surface area contributed by atoms with Gasteiger partial charge in [0.1, 0.15) is 22.3 Å². The summed E-state index contributed by atoms with van der Waals surface area (Å²) in [6, 6.07) is 67.8. The lowest BCUT2D eigenvalue weighted by Crippen LogP contribution is -2.10. The minimum absolute atomic E-state index is 0.832. The topological polar surface area (TPSA) is 32.8 Å². The van der Waals surface area contributed by atoms with Crippen LogP contribution in [-0.2, 0) is 0 Å². The van der Waals surface area contributed by atoms with Gasteiger partial charge in [0.2, 0.25) is 0 Å². The Balaban J connectivity index is 1.25. The molecule has 0 saturated heterocycles. The van der Waals surface area contributed by atoms with Crippen molar-refractivity contribution in [1.29, 1.82) is 0 Å². The summed E-state index contributed by atoms with van der Waals surface area (Å²) in [5.74, 6) is 0. The van der Waals surface area contributed by atoms with E-state index in [0.29, 0.717) is 0 Å². The van der Waals surface area contributed by atoms with Crippen molar-refractivity contribution in [1.82, 2.24) is 0 Å². The fourth-order valence-corrected chi connectivity index (χ4v) is 7.43. The zero-order chi connectivity index (χ0) is 34.4. The van der Waals surface area contributed by atoms with Crippen LogP contribution in [0.3, 0.4) is 0 Å². The fourth-order valence-electron chi connectivity index (χ4n) is 7.43. The number of para-hydroxylation sites is 5. The summed E-state index contributed by atoms with van der Waals surface area (Å²) in [7, 11) is 0. The molecule has 0 atom stereocenters. The van der Waals surface area contributed by atoms with Crippen molar-refractivity contribution in [3.63, 3.8) is 0 Å². The van der Waals surface area contributed by atoms with Gasteiger partial charge >= 0.3 is 0 Å². The van der Waals surface area contributed by atoms with Gasteiger partial charge in [-0.3, -0.25) is 0 Å². The number of anilines is 6. The Kier molecular flexibility index (Phi) is 7.10. The monoisotopic (exact) mass is 668 g/mol. The maximum atomic E-state index is 6.85. The summed E-state index contributed by atoms with van der Waals surface area (Å²) in [4.78, 5) is 4.61. The summed E-state index contributed by atoms with van der Waals surface area (Å²) < 4.78 is 13.1. The van der Waals surface area contributed by atoms with Crippen LogP contribution >= 0.6 is 0 Å². The minimum Gasteiger partial charge on any atom is -0.456 e. The fraction of sp³-hybridized carbons (Fsp3) is 0. The molecule has 0 bridgehead atoms. The molecular formula is C48H32N2O2. The Labute approximate surface area is 301 Å². The molecule has 52 heavy (non-hydrogen) atoms. The number of benzene rings is 8. The number of hydrogen-bond acceptors (Lipinski definition) is 4. The highest BCUT2D eigenvalue weighted by Crippen LogP contribution is 2.46. The zero-order valence-electron chi connectivity index (χ0n) is 28.2. The molecule has 4 heteroatoms. The van der Waals surface area contributed by atoms with E-state index in [0.717, 1.165) is 89.1 Å². The molecule has 4 nitrogen and oxygen atoms in total. The van der Waals surface area contributed by atoms with Gasteiger partial charge in [-0.2, -0.15) is 0 Å². The predicted molar refractivity (Wildman–Crippen MR) is 216 cm³/mol. The maximum absolute atomic E-state index is 6.85. The van der Waals surface area contributed by atoms with E-state index in [9.17, 15) is 0 Å². The van der Waals surface area contributed by atoms with Crippen LogP contribution in [0.2, 0.25) is 0 Å². The Bertz CT molecular complexity index is 2760. The average molecular weight is 669 g/mol. The van der Waals surface area contributed by atoms with Crippen LogP contribution in [0, 0.1) is 0 Å². The zero-order valence-corrected chi connectivity index (χ0v) is 28.2. The molecule has 10 aromatic rings. The quantitative estimate of drug-likeness (QED) is 0.169. The van der Waals surface area contributed by atoms with Crippen molar-refractivity contribution in [2.24, 2.45) is 0 Å². The molecule has 0 N–H and O–H groups in total. The van der Waals surface area contributed by atoms with Crippen LogP contribution in [-0.4, -0.2) is 0 Å². The molecule has 2 heterocycles. The molecule has 0 unspecified atom stereocenters. The summed E-state index contributed by atoms with van der Waals surface area (Å²) in [6.45, 7) is 0. The molecule has 0 saturated carbocycles. The third kappa shape index (κ3) is 5.09. The Morgan fingerprint density at radius 1 is 0.288 bits per heavy atom. The van der Waals surface area contributed by atoms with Gasteiger partial charge < -0.3 is 18.6 Å². The Morgan fingerprint density at radius 2 is 0.750 bits per heavy atom. The van der Waals surface area contributed by atoms with Crippen LogP contribution in [0.25, 0.3) is 55.0 Å². The van der Waals surface area contributed by atoms with Crippen LogP contribution in [0.5, 0.6) is 0 Å². The second-order valence-corrected chi connectivity index (χ2v) is 13.0. The molecule has 0 radical (unpaired) electrons. The van der Waals surface area contributed by atoms with Gasteiger partial charge in [-0.05, 0) is 103 Å². The summed E-state index contributed by atoms with van der Waals surface area (Å²) in [5, 5.41) is 4.26. The van der Waals surface area contributed by atoms with Crippen LogP contribution in [0.4, 0.5) is 34.1 Å². The van der Waals surface area contributed by atoms with Crippen molar-refractivity contribution < 1.29 is 8.83 Å². The first-order valence-corrected chi connectivity index (χ1v) is 17.5. The highest BCUT2D eigenvalue weighted by atomic mass is 16.3. The lowest BCUT2D eigenvalue weighted by molar-refractivity contribution is 0.668. The molecule has 0 aliphatic carbocycles. The molecule has 0 aliphatic heterocycles. The summed E-state index contributed by atoms with van der Waals surface area (Å²) in [5.41, 5.74) is 11.9. The first-order chi connectivity index (χ1) is 25.8. The van der Waals surface area contributed by atoms with Crippen molar-refractivity contribution in [3.05, 3.63) is 194 Å². The summed E-state index contributed by atoms with van der Waals surface area (Å²) in [6.07, 6.45) is 0. The lowest BCUT2D eigenvalue weighted by atomic mass is 9.98. The average Bonchev–Trinajstić information content (AvgIpc) is 3.77. The standard InChI is InChI=1S/C48H32N2O2/c1-5-15-34(16-6-1)49(35-17-7-2-8-18-35)38-26-28-47-43(30-38)44-32-39(50(36-19-9-3-10-20-36)37-21-11-4-12-22-37)31-41(48(44)52-47)33-25-27-46-42(29-33)40-23-13-14-24-45(40)51-46/h1-32H. The minimum atomic E-state index is 0.832. The SMILES string of the molecule is c1ccc(N(c2ccccc2)c2ccc3oc4c(-c5ccc6oc7ccccc7c6c5)cc(N(c5ccccc5)c5ccccc5)cc4c3c2)cc1. The molecule has 2 aromatic heterocycles. The van der Waals surface area contributed by atoms with Gasteiger partial charge in [0, 0.05) is 61.2 Å². The van der Waals surface area contributed by atoms with Gasteiger partial charge in [0.05, 0.1) is 0 Å². The first kappa shape index (κ1) is 29.8. The van der Waals surface area contributed by atoms with Gasteiger partial charge in [-0.15, -0.1) is 0 Å². The number of fused-ring (bicyclic) bond motifs is 6. The molecule has 246 valence electrons. The van der Waals surface area contributed by atoms with E-state index in [-0.39, 0.29) is 0 Å².